The van der Waals surface area contributed by atoms with Crippen molar-refractivity contribution in [2.24, 2.45) is 10.2 Å². The van der Waals surface area contributed by atoms with Crippen molar-refractivity contribution in [2.45, 2.75) is 38.8 Å². The molecular weight excluding hydrogens is 292 g/mol. The topological polar surface area (TPSA) is 71.2 Å². The van der Waals surface area contributed by atoms with E-state index in [4.69, 9.17) is 16.3 Å². The first-order valence-electron chi connectivity index (χ1n) is 6.74. The number of ether oxygens (including phenoxy) is 1. The zero-order chi connectivity index (χ0) is 16.1. The molecule has 1 N–H and O–H groups in total. The van der Waals surface area contributed by atoms with Gasteiger partial charge in [-0.25, -0.2) is 4.79 Å². The van der Waals surface area contributed by atoms with Gasteiger partial charge in [0, 0.05) is 10.6 Å². The second-order valence-corrected chi connectivity index (χ2v) is 6.04. The number of rotatable bonds is 5. The van der Waals surface area contributed by atoms with E-state index in [0.717, 1.165) is 0 Å². The van der Waals surface area contributed by atoms with Gasteiger partial charge in [0.25, 0.3) is 0 Å². The summed E-state index contributed by atoms with van der Waals surface area (Å²) in [6.07, 6.45) is 0. The maximum Gasteiger partial charge on any atom is 0.344 e. The van der Waals surface area contributed by atoms with Crippen LogP contribution in [0.1, 0.15) is 33.3 Å². The van der Waals surface area contributed by atoms with Crippen molar-refractivity contribution < 1.29 is 14.6 Å². The van der Waals surface area contributed by atoms with Gasteiger partial charge in [0.05, 0.1) is 12.1 Å². The summed E-state index contributed by atoms with van der Waals surface area (Å²) < 4.78 is 4.95. The Morgan fingerprint density at radius 2 is 1.95 bits per heavy atom. The second kappa shape index (κ2) is 7.00. The number of halogens is 1. The third-order valence-electron chi connectivity index (χ3n) is 2.60. The summed E-state index contributed by atoms with van der Waals surface area (Å²) >= 11 is 6.08. The number of carbonyl (C=O) groups excluding carboxylic acids is 1. The zero-order valence-corrected chi connectivity index (χ0v) is 13.5. The highest BCUT2D eigenvalue weighted by molar-refractivity contribution is 6.31. The van der Waals surface area contributed by atoms with Crippen molar-refractivity contribution in [3.63, 3.8) is 0 Å². The first-order valence-corrected chi connectivity index (χ1v) is 7.12. The van der Waals surface area contributed by atoms with Crippen LogP contribution in [0.15, 0.2) is 34.5 Å². The van der Waals surface area contributed by atoms with Crippen LogP contribution in [0.3, 0.4) is 0 Å². The Bertz CT molecular complexity index is 526. The molecule has 0 saturated heterocycles. The Balaban J connectivity index is 3.15. The minimum absolute atomic E-state index is 0.155. The van der Waals surface area contributed by atoms with Gasteiger partial charge in [0.1, 0.15) is 6.54 Å². The van der Waals surface area contributed by atoms with Gasteiger partial charge in [0.15, 0.2) is 0 Å². The van der Waals surface area contributed by atoms with E-state index >= 15 is 0 Å². The lowest BCUT2D eigenvalue weighted by molar-refractivity contribution is -0.165. The molecule has 0 radical (unpaired) electrons. The molecule has 0 fully saturated rings. The lowest BCUT2D eigenvalue weighted by atomic mass is 9.94. The summed E-state index contributed by atoms with van der Waals surface area (Å²) in [5.74, 6) is -0.786. The van der Waals surface area contributed by atoms with Gasteiger partial charge in [0.2, 0.25) is 5.60 Å². The third-order valence-corrected chi connectivity index (χ3v) is 2.93. The van der Waals surface area contributed by atoms with E-state index < -0.39 is 17.1 Å². The number of nitrogens with zero attached hydrogens (tertiary/aromatic N) is 2. The van der Waals surface area contributed by atoms with Crippen LogP contribution in [0.5, 0.6) is 0 Å². The average Bonchev–Trinajstić information content (AvgIpc) is 2.37. The molecule has 0 aliphatic heterocycles. The van der Waals surface area contributed by atoms with Gasteiger partial charge in [-0.1, -0.05) is 29.8 Å². The number of hydrogen-bond donors (Lipinski definition) is 1. The summed E-state index contributed by atoms with van der Waals surface area (Å²) in [6, 6.07) is 6.58. The molecule has 0 bridgehead atoms. The van der Waals surface area contributed by atoms with E-state index in [1.54, 1.807) is 31.2 Å². The minimum Gasteiger partial charge on any atom is -0.464 e. The Kier molecular flexibility index (Phi) is 5.87. The lowest BCUT2D eigenvalue weighted by Crippen LogP contribution is -2.40. The van der Waals surface area contributed by atoms with Crippen LogP contribution in [0.4, 0.5) is 0 Å². The molecule has 0 aromatic heterocycles. The molecule has 5 nitrogen and oxygen atoms in total. The van der Waals surface area contributed by atoms with Gasteiger partial charge in [-0.3, -0.25) is 0 Å². The van der Waals surface area contributed by atoms with E-state index in [1.165, 1.54) is 0 Å². The maximum absolute atomic E-state index is 12.1. The second-order valence-electron chi connectivity index (χ2n) is 5.63. The highest BCUT2D eigenvalue weighted by atomic mass is 35.5. The zero-order valence-electron chi connectivity index (χ0n) is 12.8. The molecule has 1 aromatic rings. The minimum atomic E-state index is -1.94. The van der Waals surface area contributed by atoms with E-state index in [-0.39, 0.29) is 23.7 Å². The molecule has 1 aromatic carbocycles. The quantitative estimate of drug-likeness (QED) is 0.669. The van der Waals surface area contributed by atoms with Crippen molar-refractivity contribution in [2.75, 3.05) is 13.2 Å². The number of azo groups is 1. The Labute approximate surface area is 130 Å². The molecule has 0 unspecified atom stereocenters. The van der Waals surface area contributed by atoms with E-state index in [9.17, 15) is 9.90 Å². The molecule has 1 atom stereocenters. The number of carbonyl (C=O) groups is 1. The summed E-state index contributed by atoms with van der Waals surface area (Å²) in [5, 5.41) is 19.0. The van der Waals surface area contributed by atoms with Crippen LogP contribution in [0.2, 0.25) is 5.02 Å². The van der Waals surface area contributed by atoms with Gasteiger partial charge >= 0.3 is 5.97 Å². The summed E-state index contributed by atoms with van der Waals surface area (Å²) in [7, 11) is 0. The van der Waals surface area contributed by atoms with E-state index in [0.29, 0.717) is 0 Å². The van der Waals surface area contributed by atoms with Crippen LogP contribution >= 0.6 is 11.6 Å². The third kappa shape index (κ3) is 4.79. The molecule has 0 amide bonds. The maximum atomic E-state index is 12.1. The fourth-order valence-corrected chi connectivity index (χ4v) is 1.95. The predicted molar refractivity (Wildman–Crippen MR) is 81.5 cm³/mol. The highest BCUT2D eigenvalue weighted by Gasteiger charge is 2.41. The van der Waals surface area contributed by atoms with Crippen LogP contribution in [0, 0.1) is 0 Å². The number of hydrogen-bond acceptors (Lipinski definition) is 5. The molecule has 0 saturated carbocycles. The molecule has 0 spiro atoms. The first kappa shape index (κ1) is 17.6. The monoisotopic (exact) mass is 312 g/mol. The summed E-state index contributed by atoms with van der Waals surface area (Å²) in [5.41, 5.74) is -2.07. The molecular formula is C15H21ClN2O3. The Morgan fingerprint density at radius 1 is 1.33 bits per heavy atom. The molecule has 21 heavy (non-hydrogen) atoms. The fraction of sp³-hybridized carbons (Fsp3) is 0.533. The molecule has 116 valence electrons. The smallest absolute Gasteiger partial charge is 0.344 e. The fourth-order valence-electron chi connectivity index (χ4n) is 1.66. The van der Waals surface area contributed by atoms with Crippen molar-refractivity contribution in [1.82, 2.24) is 0 Å². The lowest BCUT2D eigenvalue weighted by Gasteiger charge is -2.25. The van der Waals surface area contributed by atoms with Crippen LogP contribution in [-0.2, 0) is 15.1 Å². The van der Waals surface area contributed by atoms with Gasteiger partial charge in [-0.15, -0.1) is 0 Å². The molecule has 6 heteroatoms. The summed E-state index contributed by atoms with van der Waals surface area (Å²) in [6.45, 7) is 7.19. The van der Waals surface area contributed by atoms with Crippen LogP contribution in [-0.4, -0.2) is 29.8 Å². The molecule has 0 aliphatic rings. The first-order chi connectivity index (χ1) is 9.70. The predicted octanol–water partition coefficient (Wildman–Crippen LogP) is 3.34. The van der Waals surface area contributed by atoms with Crippen molar-refractivity contribution in [3.8, 4) is 0 Å². The van der Waals surface area contributed by atoms with Gasteiger partial charge < -0.3 is 9.84 Å². The van der Waals surface area contributed by atoms with Gasteiger partial charge in [-0.05, 0) is 33.8 Å². The molecule has 1 rings (SSSR count). The van der Waals surface area contributed by atoms with Crippen LogP contribution in [0.25, 0.3) is 0 Å². The highest BCUT2D eigenvalue weighted by Crippen LogP contribution is 2.30. The molecule has 0 heterocycles. The van der Waals surface area contributed by atoms with Crippen LogP contribution < -0.4 is 0 Å². The number of aliphatic hydroxyl groups is 1. The Morgan fingerprint density at radius 3 is 2.48 bits per heavy atom. The summed E-state index contributed by atoms with van der Waals surface area (Å²) in [4.78, 5) is 12.1. The van der Waals surface area contributed by atoms with Crippen molar-refractivity contribution in [1.29, 1.82) is 0 Å². The largest absolute Gasteiger partial charge is 0.464 e. The SMILES string of the molecule is CCOC(=O)[C@](O)(CN=NC(C)(C)C)c1ccccc1Cl. The van der Waals surface area contributed by atoms with Gasteiger partial charge in [-0.2, -0.15) is 10.2 Å². The number of benzene rings is 1. The standard InChI is InChI=1S/C15H21ClN2O3/c1-5-21-13(19)15(20,10-17-18-14(2,3)4)11-8-6-7-9-12(11)16/h6-9,20H,5,10H2,1-4H3/t15-/m0/s1. The average molecular weight is 313 g/mol. The normalized spacial score (nSPS) is 15.0. The Hall–Kier alpha value is -1.46. The van der Waals surface area contributed by atoms with E-state index in [2.05, 4.69) is 10.2 Å². The van der Waals surface area contributed by atoms with E-state index in [1.807, 2.05) is 20.8 Å². The van der Waals surface area contributed by atoms with Crippen molar-refractivity contribution in [3.05, 3.63) is 34.9 Å². The molecule has 0 aliphatic carbocycles. The number of esters is 1. The van der Waals surface area contributed by atoms with Crippen molar-refractivity contribution >= 4 is 17.6 Å².